The second kappa shape index (κ2) is 6.03. The van der Waals surface area contributed by atoms with Crippen molar-refractivity contribution in [3.63, 3.8) is 0 Å². The quantitative estimate of drug-likeness (QED) is 0.702. The first-order valence-electron chi connectivity index (χ1n) is 8.21. The minimum atomic E-state index is -0.424. The smallest absolute Gasteiger partial charge is 0.182 e. The largest absolute Gasteiger partial charge is 0.393 e. The van der Waals surface area contributed by atoms with Crippen molar-refractivity contribution in [2.24, 2.45) is 0 Å². The normalized spacial score (nSPS) is 27.7. The number of anilines is 1. The molecule has 0 bridgehead atoms. The molecule has 2 aliphatic heterocycles. The summed E-state index contributed by atoms with van der Waals surface area (Å²) in [7, 11) is 0. The minimum absolute atomic E-state index is 0.165. The fraction of sp³-hybridized carbons (Fsp3) is 0.667. The number of imidazole rings is 1. The van der Waals surface area contributed by atoms with Crippen molar-refractivity contribution in [2.45, 2.75) is 37.5 Å². The van der Waals surface area contributed by atoms with E-state index in [1.807, 2.05) is 0 Å². The molecule has 0 unspecified atom stereocenters. The molecule has 3 N–H and O–H groups in total. The monoisotopic (exact) mass is 318 g/mol. The third kappa shape index (κ3) is 2.77. The molecule has 4 heterocycles. The van der Waals surface area contributed by atoms with E-state index in [0.717, 1.165) is 50.2 Å². The molecule has 0 radical (unpaired) electrons. The minimum Gasteiger partial charge on any atom is -0.393 e. The number of piperidine rings is 2. The van der Waals surface area contributed by atoms with Gasteiger partial charge in [0.15, 0.2) is 11.5 Å². The Morgan fingerprint density at radius 3 is 2.65 bits per heavy atom. The summed E-state index contributed by atoms with van der Waals surface area (Å²) in [6.45, 7) is 3.11. The highest BCUT2D eigenvalue weighted by molar-refractivity contribution is 5.82. The predicted molar refractivity (Wildman–Crippen MR) is 85.1 cm³/mol. The number of likely N-dealkylation sites (tertiary alicyclic amines) is 1. The first kappa shape index (κ1) is 14.8. The van der Waals surface area contributed by atoms with Crippen molar-refractivity contribution < 1.29 is 10.2 Å². The number of nitrogens with one attached hydrogen (secondary N) is 1. The van der Waals surface area contributed by atoms with E-state index in [-0.39, 0.29) is 12.1 Å². The Kier molecular flexibility index (Phi) is 3.88. The van der Waals surface area contributed by atoms with Crippen LogP contribution in [0, 0.1) is 0 Å². The van der Waals surface area contributed by atoms with Gasteiger partial charge in [-0.25, -0.2) is 15.0 Å². The third-order valence-corrected chi connectivity index (χ3v) is 5.02. The van der Waals surface area contributed by atoms with Crippen LogP contribution in [0.4, 0.5) is 5.82 Å². The second-order valence-corrected chi connectivity index (χ2v) is 6.43. The van der Waals surface area contributed by atoms with Gasteiger partial charge in [-0.1, -0.05) is 0 Å². The molecule has 8 nitrogen and oxygen atoms in total. The van der Waals surface area contributed by atoms with E-state index in [0.29, 0.717) is 12.2 Å². The van der Waals surface area contributed by atoms with Crippen LogP contribution in [0.5, 0.6) is 0 Å². The van der Waals surface area contributed by atoms with Gasteiger partial charge in [-0.3, -0.25) is 4.90 Å². The van der Waals surface area contributed by atoms with E-state index >= 15 is 0 Å². The summed E-state index contributed by atoms with van der Waals surface area (Å²) in [5.74, 6) is 0.805. The van der Waals surface area contributed by atoms with Crippen molar-refractivity contribution in [3.8, 4) is 0 Å². The molecule has 0 aliphatic carbocycles. The summed E-state index contributed by atoms with van der Waals surface area (Å²) in [4.78, 5) is 20.2. The number of hydrogen-bond donors (Lipinski definition) is 3. The molecular formula is C15H22N6O2. The van der Waals surface area contributed by atoms with Crippen LogP contribution in [0.3, 0.4) is 0 Å². The lowest BCUT2D eigenvalue weighted by atomic mass is 9.96. The number of aliphatic hydroxyl groups is 2. The van der Waals surface area contributed by atoms with Crippen LogP contribution in [0.15, 0.2) is 12.7 Å². The number of aliphatic hydroxyl groups excluding tert-OH is 2. The molecular weight excluding hydrogens is 296 g/mol. The summed E-state index contributed by atoms with van der Waals surface area (Å²) in [5, 5.41) is 20.3. The van der Waals surface area contributed by atoms with Gasteiger partial charge in [0.25, 0.3) is 0 Å². The molecule has 23 heavy (non-hydrogen) atoms. The molecule has 8 heteroatoms. The maximum absolute atomic E-state index is 10.6. The molecule has 0 saturated carbocycles. The van der Waals surface area contributed by atoms with Gasteiger partial charge in [-0.2, -0.15) is 0 Å². The summed E-state index contributed by atoms with van der Waals surface area (Å²) in [6, 6.07) is 0.165. The fourth-order valence-corrected chi connectivity index (χ4v) is 3.75. The Morgan fingerprint density at radius 2 is 1.87 bits per heavy atom. The van der Waals surface area contributed by atoms with E-state index in [2.05, 4.69) is 29.7 Å². The van der Waals surface area contributed by atoms with E-state index in [1.54, 1.807) is 6.33 Å². The highest BCUT2D eigenvalue weighted by Gasteiger charge is 2.34. The Balaban J connectivity index is 1.48. The summed E-state index contributed by atoms with van der Waals surface area (Å²) < 4.78 is 0. The summed E-state index contributed by atoms with van der Waals surface area (Å²) in [5.41, 5.74) is 1.47. The predicted octanol–water partition coefficient (Wildman–Crippen LogP) is -0.251. The molecule has 2 saturated heterocycles. The Morgan fingerprint density at radius 1 is 1.04 bits per heavy atom. The molecule has 124 valence electrons. The highest BCUT2D eigenvalue weighted by Crippen LogP contribution is 2.26. The van der Waals surface area contributed by atoms with Crippen molar-refractivity contribution in [3.05, 3.63) is 12.7 Å². The van der Waals surface area contributed by atoms with Crippen LogP contribution < -0.4 is 4.90 Å². The summed E-state index contributed by atoms with van der Waals surface area (Å²) in [6.07, 6.45) is 5.01. The Bertz CT molecular complexity index is 669. The zero-order chi connectivity index (χ0) is 15.8. The second-order valence-electron chi connectivity index (χ2n) is 6.43. The molecule has 2 atom stereocenters. The lowest BCUT2D eigenvalue weighted by Crippen LogP contribution is -2.56. The van der Waals surface area contributed by atoms with Crippen molar-refractivity contribution in [2.75, 3.05) is 31.1 Å². The van der Waals surface area contributed by atoms with Gasteiger partial charge < -0.3 is 20.1 Å². The Labute approximate surface area is 134 Å². The molecule has 2 aliphatic rings. The van der Waals surface area contributed by atoms with Gasteiger partial charge in [0.1, 0.15) is 11.8 Å². The molecule has 2 fully saturated rings. The third-order valence-electron chi connectivity index (χ3n) is 5.02. The lowest BCUT2D eigenvalue weighted by Gasteiger charge is -2.44. The fourth-order valence-electron chi connectivity index (χ4n) is 3.75. The maximum Gasteiger partial charge on any atom is 0.182 e. The number of nitrogens with zero attached hydrogens (tertiary/aromatic N) is 5. The van der Waals surface area contributed by atoms with Crippen LogP contribution in [-0.2, 0) is 0 Å². The van der Waals surface area contributed by atoms with Gasteiger partial charge in [0, 0.05) is 32.2 Å². The molecule has 2 aromatic heterocycles. The van der Waals surface area contributed by atoms with Crippen LogP contribution in [0.2, 0.25) is 0 Å². The van der Waals surface area contributed by atoms with Crippen molar-refractivity contribution >= 4 is 17.0 Å². The number of aromatic nitrogens is 4. The molecule has 4 rings (SSSR count). The zero-order valence-electron chi connectivity index (χ0n) is 13.0. The van der Waals surface area contributed by atoms with E-state index in [9.17, 15) is 10.2 Å². The van der Waals surface area contributed by atoms with Gasteiger partial charge >= 0.3 is 0 Å². The average Bonchev–Trinajstić information content (AvgIpc) is 3.04. The Hall–Kier alpha value is -1.77. The van der Waals surface area contributed by atoms with E-state index in [4.69, 9.17) is 0 Å². The number of β-amino-alcohol motifs (C(OH)–C–C–N with tert-alkyl or cyclic N) is 1. The van der Waals surface area contributed by atoms with Crippen molar-refractivity contribution in [1.82, 2.24) is 24.8 Å². The first-order chi connectivity index (χ1) is 11.2. The lowest BCUT2D eigenvalue weighted by molar-refractivity contribution is -0.000189. The number of rotatable bonds is 2. The zero-order valence-corrected chi connectivity index (χ0v) is 13.0. The molecule has 0 aromatic carbocycles. The molecule has 2 aromatic rings. The maximum atomic E-state index is 10.6. The molecule has 0 amide bonds. The van der Waals surface area contributed by atoms with Crippen LogP contribution in [0.25, 0.3) is 11.2 Å². The standard InChI is InChI=1S/C15H22N6O2/c22-10-1-4-20(5-2-10)11-3-6-21(7-12(11)23)15-13-14(17-8-16-13)18-9-19-15/h8-12,22-23H,1-7H2,(H,16,17,18,19)/t11-,12-/m1/s1. The van der Waals surface area contributed by atoms with Crippen molar-refractivity contribution in [1.29, 1.82) is 0 Å². The number of H-pyrrole nitrogens is 1. The van der Waals surface area contributed by atoms with E-state index < -0.39 is 6.10 Å². The van der Waals surface area contributed by atoms with Gasteiger partial charge in [-0.05, 0) is 19.3 Å². The van der Waals surface area contributed by atoms with E-state index in [1.165, 1.54) is 6.33 Å². The number of aromatic amines is 1. The topological polar surface area (TPSA) is 101 Å². The van der Waals surface area contributed by atoms with Crippen LogP contribution in [-0.4, -0.2) is 79.5 Å². The average molecular weight is 318 g/mol. The number of fused-ring (bicyclic) bond motifs is 1. The summed E-state index contributed by atoms with van der Waals surface area (Å²) >= 11 is 0. The van der Waals surface area contributed by atoms with Crippen LogP contribution >= 0.6 is 0 Å². The van der Waals surface area contributed by atoms with Gasteiger partial charge in [-0.15, -0.1) is 0 Å². The van der Waals surface area contributed by atoms with Gasteiger partial charge in [0.05, 0.1) is 18.5 Å². The first-order valence-corrected chi connectivity index (χ1v) is 8.21. The molecule has 0 spiro atoms. The number of hydrogen-bond acceptors (Lipinski definition) is 7. The SMILES string of the molecule is OC1CCN([C@@H]2CCN(c3ncnc4nc[nH]c34)C[C@H]2O)CC1. The van der Waals surface area contributed by atoms with Gasteiger partial charge in [0.2, 0.25) is 0 Å². The highest BCUT2D eigenvalue weighted by atomic mass is 16.3. The van der Waals surface area contributed by atoms with Crippen LogP contribution in [0.1, 0.15) is 19.3 Å².